The van der Waals surface area contributed by atoms with E-state index in [0.29, 0.717) is 16.5 Å². The van der Waals surface area contributed by atoms with Gasteiger partial charge in [0.25, 0.3) is 0 Å². The number of piperidine rings is 1. The van der Waals surface area contributed by atoms with E-state index in [1.165, 1.54) is 0 Å². The molecule has 4 nitrogen and oxygen atoms in total. The number of nitrogens with zero attached hydrogens (tertiary/aromatic N) is 2. The maximum absolute atomic E-state index is 12.8. The van der Waals surface area contributed by atoms with E-state index in [0.717, 1.165) is 11.1 Å². The molecule has 1 fully saturated rings. The zero-order valence-electron chi connectivity index (χ0n) is 14.9. The lowest BCUT2D eigenvalue weighted by atomic mass is 9.81. The zero-order chi connectivity index (χ0) is 19.4. The van der Waals surface area contributed by atoms with Crippen molar-refractivity contribution in [2.45, 2.75) is 31.8 Å². The van der Waals surface area contributed by atoms with Gasteiger partial charge in [-0.2, -0.15) is 10.3 Å². The van der Waals surface area contributed by atoms with Crippen molar-refractivity contribution in [1.82, 2.24) is 5.06 Å². The number of carbonyl (C=O) groups excluding carboxylic acids is 1. The Morgan fingerprint density at radius 2 is 1.63 bits per heavy atom. The SMILES string of the molecule is C[C@H]1C(=O)C[C@H](c2ccc(Cl)cc2)N(OCCC#N)[C@@H]1c1ccc(Cl)cc1. The normalized spacial score (nSPS) is 23.2. The molecule has 0 spiro atoms. The van der Waals surface area contributed by atoms with E-state index in [9.17, 15) is 4.79 Å². The summed E-state index contributed by atoms with van der Waals surface area (Å²) in [4.78, 5) is 18.8. The molecule has 1 saturated heterocycles. The minimum absolute atomic E-state index is 0.176. The molecule has 0 bridgehead atoms. The Labute approximate surface area is 169 Å². The van der Waals surface area contributed by atoms with Crippen molar-refractivity contribution in [1.29, 1.82) is 5.26 Å². The van der Waals surface area contributed by atoms with Crippen LogP contribution in [0.2, 0.25) is 10.0 Å². The average molecular weight is 403 g/mol. The van der Waals surface area contributed by atoms with E-state index >= 15 is 0 Å². The fraction of sp³-hybridized carbons (Fsp3) is 0.333. The molecule has 0 unspecified atom stereocenters. The van der Waals surface area contributed by atoms with Gasteiger partial charge >= 0.3 is 0 Å². The van der Waals surface area contributed by atoms with Crippen molar-refractivity contribution in [2.75, 3.05) is 6.61 Å². The van der Waals surface area contributed by atoms with Crippen LogP contribution in [0.15, 0.2) is 48.5 Å². The Bertz CT molecular complexity index is 831. The molecule has 140 valence electrons. The summed E-state index contributed by atoms with van der Waals surface area (Å²) in [6.07, 6.45) is 0.624. The molecule has 1 aliphatic rings. The number of carbonyl (C=O) groups is 1. The molecule has 2 aromatic rings. The van der Waals surface area contributed by atoms with Gasteiger partial charge in [-0.1, -0.05) is 54.4 Å². The minimum Gasteiger partial charge on any atom is -0.299 e. The fourth-order valence-corrected chi connectivity index (χ4v) is 3.72. The van der Waals surface area contributed by atoms with Crippen molar-refractivity contribution in [3.8, 4) is 6.07 Å². The molecule has 3 rings (SSSR count). The van der Waals surface area contributed by atoms with E-state index in [-0.39, 0.29) is 36.8 Å². The van der Waals surface area contributed by atoms with Crippen molar-refractivity contribution in [3.05, 3.63) is 69.7 Å². The van der Waals surface area contributed by atoms with E-state index in [2.05, 4.69) is 6.07 Å². The summed E-state index contributed by atoms with van der Waals surface area (Å²) in [6.45, 7) is 2.19. The second-order valence-electron chi connectivity index (χ2n) is 6.62. The first-order chi connectivity index (χ1) is 13.0. The molecule has 0 saturated carbocycles. The van der Waals surface area contributed by atoms with Gasteiger partial charge in [0.05, 0.1) is 31.2 Å². The topological polar surface area (TPSA) is 53.3 Å². The Kier molecular flexibility index (Phi) is 6.51. The summed E-state index contributed by atoms with van der Waals surface area (Å²) < 4.78 is 0. The van der Waals surface area contributed by atoms with Crippen LogP contribution in [-0.2, 0) is 9.63 Å². The molecule has 1 heterocycles. The number of rotatable bonds is 5. The van der Waals surface area contributed by atoms with Crippen LogP contribution in [0.1, 0.15) is 43.0 Å². The van der Waals surface area contributed by atoms with Crippen molar-refractivity contribution in [2.24, 2.45) is 5.92 Å². The third kappa shape index (κ3) is 4.51. The minimum atomic E-state index is -0.261. The summed E-state index contributed by atoms with van der Waals surface area (Å²) in [6, 6.07) is 16.5. The van der Waals surface area contributed by atoms with Crippen LogP contribution >= 0.6 is 23.2 Å². The monoisotopic (exact) mass is 402 g/mol. The number of ketones is 1. The summed E-state index contributed by atoms with van der Waals surface area (Å²) in [7, 11) is 0. The van der Waals surface area contributed by atoms with E-state index in [4.69, 9.17) is 33.3 Å². The molecule has 0 N–H and O–H groups in total. The lowest BCUT2D eigenvalue weighted by Crippen LogP contribution is -2.44. The van der Waals surface area contributed by atoms with E-state index < -0.39 is 0 Å². The first-order valence-electron chi connectivity index (χ1n) is 8.83. The highest BCUT2D eigenvalue weighted by molar-refractivity contribution is 6.30. The fourth-order valence-electron chi connectivity index (χ4n) is 3.47. The van der Waals surface area contributed by atoms with E-state index in [1.807, 2.05) is 60.5 Å². The van der Waals surface area contributed by atoms with Crippen LogP contribution in [0.3, 0.4) is 0 Å². The Hall–Kier alpha value is -1.90. The highest BCUT2D eigenvalue weighted by atomic mass is 35.5. The second-order valence-corrected chi connectivity index (χ2v) is 7.50. The first-order valence-corrected chi connectivity index (χ1v) is 9.58. The summed E-state index contributed by atoms with van der Waals surface area (Å²) >= 11 is 12.1. The van der Waals surface area contributed by atoms with Gasteiger partial charge in [0.2, 0.25) is 0 Å². The quantitative estimate of drug-likeness (QED) is 0.616. The van der Waals surface area contributed by atoms with Crippen molar-refractivity contribution in [3.63, 3.8) is 0 Å². The van der Waals surface area contributed by atoms with Gasteiger partial charge in [-0.25, -0.2) is 0 Å². The van der Waals surface area contributed by atoms with Gasteiger partial charge in [0, 0.05) is 22.4 Å². The molecule has 0 aromatic heterocycles. The Balaban J connectivity index is 2.00. The molecule has 0 amide bonds. The number of benzene rings is 2. The lowest BCUT2D eigenvalue weighted by molar-refractivity contribution is -0.236. The molecule has 2 aromatic carbocycles. The van der Waals surface area contributed by atoms with Gasteiger partial charge < -0.3 is 0 Å². The number of Topliss-reactive ketones (excluding diaryl/α,β-unsaturated/α-hetero) is 1. The van der Waals surface area contributed by atoms with Gasteiger partial charge in [0.15, 0.2) is 0 Å². The molecular weight excluding hydrogens is 383 g/mol. The van der Waals surface area contributed by atoms with Crippen molar-refractivity contribution < 1.29 is 9.63 Å². The number of hydrogen-bond acceptors (Lipinski definition) is 4. The maximum atomic E-state index is 12.8. The van der Waals surface area contributed by atoms with Crippen molar-refractivity contribution >= 4 is 29.0 Å². The second kappa shape index (κ2) is 8.86. The van der Waals surface area contributed by atoms with E-state index in [1.54, 1.807) is 0 Å². The molecule has 0 aliphatic carbocycles. The summed E-state index contributed by atoms with van der Waals surface area (Å²) in [5.41, 5.74) is 1.91. The lowest BCUT2D eigenvalue weighted by Gasteiger charge is -2.44. The maximum Gasteiger partial charge on any atom is 0.139 e. The summed E-state index contributed by atoms with van der Waals surface area (Å²) in [5.74, 6) is -0.0631. The third-order valence-electron chi connectivity index (χ3n) is 4.88. The first kappa shape index (κ1) is 19.9. The number of hydrogen-bond donors (Lipinski definition) is 0. The van der Waals surface area contributed by atoms with Crippen LogP contribution in [-0.4, -0.2) is 17.5 Å². The van der Waals surface area contributed by atoms with Gasteiger partial charge in [-0.15, -0.1) is 0 Å². The van der Waals surface area contributed by atoms with Gasteiger partial charge in [0.1, 0.15) is 5.78 Å². The molecule has 1 aliphatic heterocycles. The molecule has 6 heteroatoms. The predicted molar refractivity (Wildman–Crippen MR) is 105 cm³/mol. The van der Waals surface area contributed by atoms with Gasteiger partial charge in [-0.3, -0.25) is 9.63 Å². The Morgan fingerprint density at radius 3 is 2.19 bits per heavy atom. The van der Waals surface area contributed by atoms with Gasteiger partial charge in [-0.05, 0) is 35.4 Å². The third-order valence-corrected chi connectivity index (χ3v) is 5.38. The highest BCUT2D eigenvalue weighted by Crippen LogP contribution is 2.43. The van der Waals surface area contributed by atoms with Crippen LogP contribution in [0, 0.1) is 17.2 Å². The zero-order valence-corrected chi connectivity index (χ0v) is 16.5. The standard InChI is InChI=1S/C21H20Cl2N2O2/c1-14-20(26)13-19(15-3-7-17(22)8-4-15)25(27-12-2-11-24)21(14)16-5-9-18(23)10-6-16/h3-10,14,19,21H,2,12-13H2,1H3/t14-,19+,21-/m0/s1. The number of hydroxylamine groups is 2. The largest absolute Gasteiger partial charge is 0.299 e. The summed E-state index contributed by atoms with van der Waals surface area (Å²) in [5, 5.41) is 12.0. The average Bonchev–Trinajstić information content (AvgIpc) is 2.66. The number of nitriles is 1. The smallest absolute Gasteiger partial charge is 0.139 e. The molecule has 0 radical (unpaired) electrons. The highest BCUT2D eigenvalue weighted by Gasteiger charge is 2.42. The Morgan fingerprint density at radius 1 is 1.07 bits per heavy atom. The number of halogens is 2. The van der Waals surface area contributed by atoms with Crippen LogP contribution in [0.5, 0.6) is 0 Å². The molecular formula is C21H20Cl2N2O2. The van der Waals surface area contributed by atoms with Crippen LogP contribution < -0.4 is 0 Å². The molecule has 3 atom stereocenters. The van der Waals surface area contributed by atoms with Crippen LogP contribution in [0.4, 0.5) is 0 Å². The predicted octanol–water partition coefficient (Wildman–Crippen LogP) is 5.53. The molecule has 27 heavy (non-hydrogen) atoms. The van der Waals surface area contributed by atoms with Crippen LogP contribution in [0.25, 0.3) is 0 Å².